The number of aromatic nitrogens is 4. The topological polar surface area (TPSA) is 102 Å². The van der Waals surface area contributed by atoms with E-state index in [-0.39, 0.29) is 11.5 Å². The normalized spacial score (nSPS) is 12.3. The fraction of sp³-hybridized carbons (Fsp3) is 0.0952. The van der Waals surface area contributed by atoms with Gasteiger partial charge in [-0.05, 0) is 36.8 Å². The summed E-state index contributed by atoms with van der Waals surface area (Å²) < 4.78 is 1.52. The van der Waals surface area contributed by atoms with Gasteiger partial charge in [-0.25, -0.2) is 15.0 Å². The van der Waals surface area contributed by atoms with Gasteiger partial charge in [-0.2, -0.15) is 0 Å². The van der Waals surface area contributed by atoms with Crippen molar-refractivity contribution in [3.05, 3.63) is 87.8 Å². The number of aryl methyl sites for hydroxylation is 1. The Balaban J connectivity index is 0.000000168. The molecule has 1 aliphatic heterocycles. The van der Waals surface area contributed by atoms with E-state index in [0.717, 1.165) is 11.3 Å². The Morgan fingerprint density at radius 1 is 1.07 bits per heavy atom. The number of carbonyl (C=O) groups is 1. The van der Waals surface area contributed by atoms with Crippen molar-refractivity contribution in [3.63, 3.8) is 0 Å². The lowest BCUT2D eigenvalue weighted by atomic mass is 10.2. The third-order valence-electron chi connectivity index (χ3n) is 4.48. The predicted octanol–water partition coefficient (Wildman–Crippen LogP) is 2.94. The van der Waals surface area contributed by atoms with Crippen molar-refractivity contribution < 1.29 is 4.79 Å². The molecule has 0 bridgehead atoms. The summed E-state index contributed by atoms with van der Waals surface area (Å²) in [4.78, 5) is 35.5. The minimum absolute atomic E-state index is 0.126. The van der Waals surface area contributed by atoms with Gasteiger partial charge >= 0.3 is 0 Å². The van der Waals surface area contributed by atoms with Crippen LogP contribution in [0.3, 0.4) is 0 Å². The lowest BCUT2D eigenvalue weighted by molar-refractivity contribution is 0.0952. The van der Waals surface area contributed by atoms with Gasteiger partial charge in [0.15, 0.2) is 0 Å². The smallest absolute Gasteiger partial charge is 0.267 e. The van der Waals surface area contributed by atoms with Gasteiger partial charge in [-0.1, -0.05) is 29.8 Å². The minimum Gasteiger partial charge on any atom is -0.352 e. The molecule has 2 N–H and O–H groups in total. The molecule has 5 rings (SSSR count). The number of rotatable bonds is 1. The summed E-state index contributed by atoms with van der Waals surface area (Å²) in [5.41, 5.74) is 2.84. The van der Waals surface area contributed by atoms with Crippen LogP contribution in [-0.4, -0.2) is 32.1 Å². The van der Waals surface area contributed by atoms with Crippen molar-refractivity contribution in [1.82, 2.24) is 24.8 Å². The molecule has 4 aromatic rings. The predicted molar refractivity (Wildman–Crippen MR) is 115 cm³/mol. The standard InChI is InChI=1S/C15H11ClN2O.C6H6N4O/c1-10-4-2-5-11(8-10)18-9-17-13-7-3-6-12(16)14(13)15(18)19;11-6-4-1-7-2-8-5(4)9-3-10-6/h2-9H,1H3;1-2H,3H2,(H,10,11)(H,7,8,9). The highest BCUT2D eigenvalue weighted by Crippen LogP contribution is 2.18. The molecule has 0 spiro atoms. The zero-order valence-electron chi connectivity index (χ0n) is 16.0. The van der Waals surface area contributed by atoms with Crippen LogP contribution in [0.5, 0.6) is 0 Å². The first-order valence-corrected chi connectivity index (χ1v) is 9.47. The molecule has 0 saturated carbocycles. The van der Waals surface area contributed by atoms with E-state index < -0.39 is 0 Å². The third-order valence-corrected chi connectivity index (χ3v) is 4.79. The van der Waals surface area contributed by atoms with Crippen LogP contribution in [0.4, 0.5) is 5.82 Å². The number of fused-ring (bicyclic) bond motifs is 2. The first-order valence-electron chi connectivity index (χ1n) is 9.09. The zero-order valence-corrected chi connectivity index (χ0v) is 16.7. The molecule has 0 fully saturated rings. The molecular formula is C21H17ClN6O2. The van der Waals surface area contributed by atoms with E-state index in [4.69, 9.17) is 11.6 Å². The average molecular weight is 421 g/mol. The van der Waals surface area contributed by atoms with Gasteiger partial charge in [0.25, 0.3) is 11.5 Å². The molecule has 0 saturated heterocycles. The Bertz CT molecular complexity index is 1300. The van der Waals surface area contributed by atoms with E-state index in [2.05, 4.69) is 25.6 Å². The Morgan fingerprint density at radius 3 is 2.70 bits per heavy atom. The molecule has 0 unspecified atom stereocenters. The van der Waals surface area contributed by atoms with Gasteiger partial charge in [0.2, 0.25) is 0 Å². The van der Waals surface area contributed by atoms with E-state index >= 15 is 0 Å². The second-order valence-corrected chi connectivity index (χ2v) is 6.94. The summed E-state index contributed by atoms with van der Waals surface area (Å²) in [6.45, 7) is 2.42. The van der Waals surface area contributed by atoms with Gasteiger partial charge in [0.1, 0.15) is 24.0 Å². The lowest BCUT2D eigenvalue weighted by Crippen LogP contribution is -2.35. The summed E-state index contributed by atoms with van der Waals surface area (Å²) in [6, 6.07) is 13.0. The Hall–Kier alpha value is -3.78. The number of amides is 1. The van der Waals surface area contributed by atoms with E-state index in [1.165, 1.54) is 23.4 Å². The summed E-state index contributed by atoms with van der Waals surface area (Å²) in [5, 5.41) is 6.40. The number of anilines is 1. The average Bonchev–Trinajstić information content (AvgIpc) is 2.75. The van der Waals surface area contributed by atoms with E-state index in [1.807, 2.05) is 31.2 Å². The van der Waals surface area contributed by atoms with Crippen LogP contribution in [-0.2, 0) is 0 Å². The first-order chi connectivity index (χ1) is 14.5. The van der Waals surface area contributed by atoms with Gasteiger partial charge in [-0.3, -0.25) is 14.2 Å². The molecule has 0 radical (unpaired) electrons. The first kappa shape index (κ1) is 19.5. The highest BCUT2D eigenvalue weighted by Gasteiger charge is 2.16. The monoisotopic (exact) mass is 420 g/mol. The molecule has 30 heavy (non-hydrogen) atoms. The molecule has 150 valence electrons. The minimum atomic E-state index is -0.152. The number of carbonyl (C=O) groups excluding carboxylic acids is 1. The van der Waals surface area contributed by atoms with Crippen LogP contribution in [0.2, 0.25) is 5.02 Å². The maximum absolute atomic E-state index is 12.5. The van der Waals surface area contributed by atoms with Gasteiger partial charge < -0.3 is 10.6 Å². The van der Waals surface area contributed by atoms with E-state index in [0.29, 0.717) is 34.0 Å². The van der Waals surface area contributed by atoms with Crippen LogP contribution < -0.4 is 16.2 Å². The summed E-state index contributed by atoms with van der Waals surface area (Å²) >= 11 is 6.10. The highest BCUT2D eigenvalue weighted by atomic mass is 35.5. The fourth-order valence-electron chi connectivity index (χ4n) is 3.03. The molecule has 8 nitrogen and oxygen atoms in total. The molecule has 0 aliphatic carbocycles. The molecule has 0 atom stereocenters. The Kier molecular flexibility index (Phi) is 5.40. The van der Waals surface area contributed by atoms with Crippen LogP contribution in [0.15, 0.2) is 66.1 Å². The van der Waals surface area contributed by atoms with Crippen LogP contribution >= 0.6 is 11.6 Å². The highest BCUT2D eigenvalue weighted by molar-refractivity contribution is 6.35. The molecule has 3 heterocycles. The van der Waals surface area contributed by atoms with Crippen LogP contribution in [0.1, 0.15) is 15.9 Å². The fourth-order valence-corrected chi connectivity index (χ4v) is 3.28. The van der Waals surface area contributed by atoms with Crippen molar-refractivity contribution in [2.75, 3.05) is 12.0 Å². The molecular weight excluding hydrogens is 404 g/mol. The lowest BCUT2D eigenvalue weighted by Gasteiger charge is -2.15. The Morgan fingerprint density at radius 2 is 1.90 bits per heavy atom. The van der Waals surface area contributed by atoms with Crippen molar-refractivity contribution >= 4 is 34.2 Å². The second kappa shape index (κ2) is 8.30. The van der Waals surface area contributed by atoms with Crippen molar-refractivity contribution in [2.45, 2.75) is 6.92 Å². The van der Waals surface area contributed by atoms with Gasteiger partial charge in [-0.15, -0.1) is 0 Å². The molecule has 1 aliphatic rings. The summed E-state index contributed by atoms with van der Waals surface area (Å²) in [6.07, 6.45) is 4.43. The largest absolute Gasteiger partial charge is 0.352 e. The SMILES string of the molecule is Cc1cccc(-n2cnc3cccc(Cl)c3c2=O)c1.O=C1NCNc2ncncc21. The molecule has 9 heteroatoms. The van der Waals surface area contributed by atoms with Crippen molar-refractivity contribution in [2.24, 2.45) is 0 Å². The quantitative estimate of drug-likeness (QED) is 0.491. The number of nitrogens with one attached hydrogen (secondary N) is 2. The van der Waals surface area contributed by atoms with Gasteiger partial charge in [0, 0.05) is 6.20 Å². The van der Waals surface area contributed by atoms with Crippen LogP contribution in [0, 0.1) is 6.92 Å². The maximum Gasteiger partial charge on any atom is 0.267 e. The molecule has 2 aromatic heterocycles. The second-order valence-electron chi connectivity index (χ2n) is 6.54. The van der Waals surface area contributed by atoms with Crippen molar-refractivity contribution in [3.8, 4) is 5.69 Å². The summed E-state index contributed by atoms with van der Waals surface area (Å²) in [5.74, 6) is 0.475. The number of nitrogens with zero attached hydrogens (tertiary/aromatic N) is 4. The number of hydrogen-bond donors (Lipinski definition) is 2. The summed E-state index contributed by atoms with van der Waals surface area (Å²) in [7, 11) is 0. The molecule has 1 amide bonds. The van der Waals surface area contributed by atoms with Gasteiger partial charge in [0.05, 0.1) is 28.3 Å². The van der Waals surface area contributed by atoms with E-state index in [9.17, 15) is 9.59 Å². The van der Waals surface area contributed by atoms with E-state index in [1.54, 1.807) is 18.2 Å². The Labute approximate surface area is 176 Å². The number of hydrogen-bond acceptors (Lipinski definition) is 6. The van der Waals surface area contributed by atoms with Crippen molar-refractivity contribution in [1.29, 1.82) is 0 Å². The zero-order chi connectivity index (χ0) is 21.1. The number of halogens is 1. The van der Waals surface area contributed by atoms with Crippen LogP contribution in [0.25, 0.3) is 16.6 Å². The third kappa shape index (κ3) is 3.85. The molecule has 2 aromatic carbocycles. The number of benzene rings is 2. The maximum atomic E-state index is 12.5.